The summed E-state index contributed by atoms with van der Waals surface area (Å²) in [5.74, 6) is -12.0. The van der Waals surface area contributed by atoms with Crippen molar-refractivity contribution in [2.24, 2.45) is 45.7 Å². The molecule has 2 rings (SSSR count). The highest BCUT2D eigenvalue weighted by molar-refractivity contribution is 6.15. The fraction of sp³-hybridized carbons (Fsp3) is 0.765. The second-order valence-corrected chi connectivity index (χ2v) is 15.0. The Hall–Kier alpha value is -4.32. The van der Waals surface area contributed by atoms with E-state index in [0.717, 1.165) is 20.8 Å². The van der Waals surface area contributed by atoms with E-state index in [-0.39, 0.29) is 0 Å². The molecule has 2 fully saturated rings. The summed E-state index contributed by atoms with van der Waals surface area (Å²) in [6, 6.07) is -6.46. The molecule has 0 aromatic heterocycles. The number of aliphatic hydroxyl groups excluding tert-OH is 6. The Morgan fingerprint density at radius 1 is 0.767 bits per heavy atom. The van der Waals surface area contributed by atoms with Crippen LogP contribution in [0.5, 0.6) is 0 Å². The number of ketones is 2. The van der Waals surface area contributed by atoms with Gasteiger partial charge in [0, 0.05) is 32.6 Å². The van der Waals surface area contributed by atoms with Crippen LogP contribution in [-0.2, 0) is 52.6 Å². The van der Waals surface area contributed by atoms with Gasteiger partial charge in [0.05, 0.1) is 31.4 Å². The molecule has 0 bridgehead atoms. The van der Waals surface area contributed by atoms with E-state index in [1.807, 2.05) is 0 Å². The largest absolute Gasteiger partial charge is 0.394 e. The molecule has 342 valence electrons. The molecule has 0 aliphatic carbocycles. The fourth-order valence-corrected chi connectivity index (χ4v) is 7.59. The number of Topliss-reactive ketones (excluding diaryl/α,β-unsaturated/α-hetero) is 2. The molecule has 0 aromatic rings. The topological polar surface area (TPSA) is 478 Å². The number of nitrogens with one attached hydrogen (secondary N) is 3. The zero-order valence-corrected chi connectivity index (χ0v) is 33.5. The smallest absolute Gasteiger partial charge is 0.253 e. The summed E-state index contributed by atoms with van der Waals surface area (Å²) in [6.45, 7) is 2.18. The molecule has 6 amide bonds. The monoisotopic (exact) mass is 865 g/mol. The first-order valence-corrected chi connectivity index (χ1v) is 18.8. The number of aliphatic hydroxyl groups is 6. The number of nitrogens with two attached hydrogens (primary N) is 6. The van der Waals surface area contributed by atoms with Crippen molar-refractivity contribution < 1.29 is 83.2 Å². The van der Waals surface area contributed by atoms with Crippen molar-refractivity contribution in [3.63, 3.8) is 0 Å². The van der Waals surface area contributed by atoms with Gasteiger partial charge in [-0.05, 0) is 26.7 Å². The third kappa shape index (κ3) is 11.3. The van der Waals surface area contributed by atoms with Crippen LogP contribution in [0.25, 0.3) is 0 Å². The van der Waals surface area contributed by atoms with Gasteiger partial charge in [-0.1, -0.05) is 0 Å². The lowest BCUT2D eigenvalue weighted by Crippen LogP contribution is -2.80. The first-order chi connectivity index (χ1) is 27.7. The maximum absolute atomic E-state index is 15.5. The van der Waals surface area contributed by atoms with Crippen molar-refractivity contribution >= 4 is 47.0 Å². The maximum atomic E-state index is 15.5. The normalized spacial score (nSPS) is 30.0. The molecule has 2 saturated heterocycles. The highest BCUT2D eigenvalue weighted by Crippen LogP contribution is 2.48. The number of hydrogen-bond donors (Lipinski definition) is 15. The van der Waals surface area contributed by atoms with Gasteiger partial charge in [-0.2, -0.15) is 0 Å². The van der Waals surface area contributed by atoms with Crippen molar-refractivity contribution in [3.05, 3.63) is 0 Å². The van der Waals surface area contributed by atoms with Crippen molar-refractivity contribution in [3.8, 4) is 0 Å². The highest BCUT2D eigenvalue weighted by Gasteiger charge is 2.69. The molecular formula is C34H59N9O17. The minimum Gasteiger partial charge on any atom is -0.394 e. The summed E-state index contributed by atoms with van der Waals surface area (Å²) >= 11 is 0. The average molecular weight is 866 g/mol. The standard InChI is InChI=1S/C34H59N9O17/c1-11(35)30(55)43-16(29(37)54)6-7-19(48)33(34(39,40)32(38)57,28(53)12(2)58-27-22(42-14(4)47)31(56)60-18(10-45)24(27)51)15(5-8-20(36)49)26-21(41-13(3)46)25(52)23(50)17(9-44)59-26/h11-12,15-18,21-27,31,44-45,50-52,56H,5-10,35,39-40H2,1-4H3,(H2,36,49)(H2,37,54)(H2,38,57)(H,41,46)(H,42,47)(H,43,55)/t11-,12?,15?,16+,17+,18+,21+,22+,23+,24+,25+,26?,27+,31-,33?/m0/s1. The van der Waals surface area contributed by atoms with Crippen molar-refractivity contribution in [2.75, 3.05) is 13.2 Å². The number of amides is 6. The van der Waals surface area contributed by atoms with Crippen LogP contribution in [0.15, 0.2) is 0 Å². The Kier molecular flexibility index (Phi) is 18.5. The molecule has 0 spiro atoms. The van der Waals surface area contributed by atoms with Gasteiger partial charge in [0.2, 0.25) is 29.5 Å². The molecule has 0 saturated carbocycles. The molecule has 0 radical (unpaired) electrons. The molecule has 21 N–H and O–H groups in total. The van der Waals surface area contributed by atoms with Crippen LogP contribution in [0.4, 0.5) is 0 Å². The van der Waals surface area contributed by atoms with Gasteiger partial charge in [0.25, 0.3) is 5.91 Å². The second kappa shape index (κ2) is 21.5. The lowest BCUT2D eigenvalue weighted by Gasteiger charge is -2.54. The molecule has 26 heteroatoms. The number of hydrogen-bond acceptors (Lipinski definition) is 20. The number of carbonyl (C=O) groups excluding carboxylic acids is 8. The van der Waals surface area contributed by atoms with E-state index >= 15 is 9.59 Å². The summed E-state index contributed by atoms with van der Waals surface area (Å²) in [5, 5.41) is 70.9. The summed E-state index contributed by atoms with van der Waals surface area (Å²) in [4.78, 5) is 106. The zero-order chi connectivity index (χ0) is 46.2. The molecule has 0 aromatic carbocycles. The number of rotatable bonds is 22. The van der Waals surface area contributed by atoms with E-state index in [1.165, 1.54) is 6.92 Å². The summed E-state index contributed by atoms with van der Waals surface area (Å²) in [7, 11) is 0. The molecular weight excluding hydrogens is 806 g/mol. The van der Waals surface area contributed by atoms with E-state index in [4.69, 9.17) is 48.6 Å². The highest BCUT2D eigenvalue weighted by atomic mass is 16.6. The Morgan fingerprint density at radius 3 is 1.77 bits per heavy atom. The SMILES string of the molecule is CC(=O)N[C@@H]1[C@@H](OC(C)C(=O)C(C(=O)CC[C@@H](NC(=O)[C@H](C)N)C(N)=O)(C(CCC(N)=O)C2O[C@H](CO)[C@@H](O)[C@H](O)[C@H]2NC(C)=O)C(N)(N)C(N)=O)[C@H](O)[C@@H](CO)O[C@@H]1O. The first-order valence-electron chi connectivity index (χ1n) is 18.8. The van der Waals surface area contributed by atoms with Crippen LogP contribution < -0.4 is 50.4 Å². The van der Waals surface area contributed by atoms with E-state index in [2.05, 4.69) is 16.0 Å². The number of ether oxygens (including phenoxy) is 3. The van der Waals surface area contributed by atoms with Crippen LogP contribution in [-0.4, -0.2) is 176 Å². The quantitative estimate of drug-likeness (QED) is 0.0355. The predicted molar refractivity (Wildman–Crippen MR) is 200 cm³/mol. The molecule has 4 unspecified atom stereocenters. The van der Waals surface area contributed by atoms with Crippen LogP contribution in [0.2, 0.25) is 0 Å². The van der Waals surface area contributed by atoms with Gasteiger partial charge in [0.15, 0.2) is 23.5 Å². The van der Waals surface area contributed by atoms with E-state index < -0.39 is 182 Å². The Bertz CT molecular complexity index is 1600. The maximum Gasteiger partial charge on any atom is 0.253 e. The lowest BCUT2D eigenvalue weighted by atomic mass is 9.55. The minimum atomic E-state index is -3.45. The Morgan fingerprint density at radius 2 is 1.30 bits per heavy atom. The second-order valence-electron chi connectivity index (χ2n) is 15.0. The summed E-state index contributed by atoms with van der Waals surface area (Å²) < 4.78 is 17.1. The average Bonchev–Trinajstić information content (AvgIpc) is 3.15. The van der Waals surface area contributed by atoms with E-state index in [9.17, 15) is 59.4 Å². The zero-order valence-electron chi connectivity index (χ0n) is 33.5. The van der Waals surface area contributed by atoms with E-state index in [0.29, 0.717) is 0 Å². The van der Waals surface area contributed by atoms with Gasteiger partial charge in [-0.3, -0.25) is 38.4 Å². The molecule has 2 heterocycles. The van der Waals surface area contributed by atoms with Crippen LogP contribution in [0, 0.1) is 11.3 Å². The number of primary amides is 3. The molecule has 2 aliphatic rings. The fourth-order valence-electron chi connectivity index (χ4n) is 7.59. The van der Waals surface area contributed by atoms with Gasteiger partial charge in [-0.15, -0.1) is 0 Å². The first kappa shape index (κ1) is 51.8. The van der Waals surface area contributed by atoms with Crippen LogP contribution >= 0.6 is 0 Å². The van der Waals surface area contributed by atoms with Crippen molar-refractivity contribution in [1.82, 2.24) is 16.0 Å². The van der Waals surface area contributed by atoms with Gasteiger partial charge >= 0.3 is 0 Å². The number of carbonyl (C=O) groups is 8. The molecule has 60 heavy (non-hydrogen) atoms. The molecule has 15 atom stereocenters. The van der Waals surface area contributed by atoms with Gasteiger partial charge in [0.1, 0.15) is 60.2 Å². The molecule has 26 nitrogen and oxygen atoms in total. The Labute approximate surface area is 343 Å². The third-order valence-corrected chi connectivity index (χ3v) is 10.6. The lowest BCUT2D eigenvalue weighted by molar-refractivity contribution is -0.267. The van der Waals surface area contributed by atoms with Crippen LogP contribution in [0.1, 0.15) is 53.4 Å². The third-order valence-electron chi connectivity index (χ3n) is 10.6. The molecule has 2 aliphatic heterocycles. The van der Waals surface area contributed by atoms with Crippen molar-refractivity contribution in [1.29, 1.82) is 0 Å². The van der Waals surface area contributed by atoms with Gasteiger partial charge < -0.3 is 95.2 Å². The van der Waals surface area contributed by atoms with Crippen molar-refractivity contribution in [2.45, 2.75) is 138 Å². The van der Waals surface area contributed by atoms with Gasteiger partial charge in [-0.25, -0.2) is 0 Å². The van der Waals surface area contributed by atoms with Crippen LogP contribution in [0.3, 0.4) is 0 Å². The van der Waals surface area contributed by atoms with E-state index in [1.54, 1.807) is 0 Å². The Balaban J connectivity index is 3.11. The summed E-state index contributed by atoms with van der Waals surface area (Å²) in [5.41, 5.74) is 28.4. The minimum absolute atomic E-state index is 0.761. The summed E-state index contributed by atoms with van der Waals surface area (Å²) in [6.07, 6.45) is -20.9. The predicted octanol–water partition coefficient (Wildman–Crippen LogP) is -9.48.